The Labute approximate surface area is 225 Å². The Kier molecular flexibility index (Phi) is 7.55. The number of aromatic amines is 1. The molecule has 0 unspecified atom stereocenters. The van der Waals surface area contributed by atoms with Crippen LogP contribution < -0.4 is 0 Å². The molecule has 0 bridgehead atoms. The fourth-order valence-electron chi connectivity index (χ4n) is 4.47. The Morgan fingerprint density at radius 1 is 1.15 bits per heavy atom. The minimum absolute atomic E-state index is 0.0115. The van der Waals surface area contributed by atoms with Gasteiger partial charge in [0.15, 0.2) is 5.78 Å². The van der Waals surface area contributed by atoms with Crippen LogP contribution in [-0.2, 0) is 22.1 Å². The van der Waals surface area contributed by atoms with Crippen LogP contribution in [0, 0.1) is 5.82 Å². The molecule has 1 N–H and O–H groups in total. The number of benzene rings is 2. The first-order valence-corrected chi connectivity index (χ1v) is 13.2. The number of fused-ring (bicyclic) bond motifs is 1. The zero-order valence-electron chi connectivity index (χ0n) is 21.0. The zero-order chi connectivity index (χ0) is 27.7. The van der Waals surface area contributed by atoms with Crippen molar-refractivity contribution in [2.45, 2.75) is 31.4 Å². The van der Waals surface area contributed by atoms with Gasteiger partial charge in [0, 0.05) is 29.6 Å². The number of nitrogens with one attached hydrogen (secondary N) is 1. The van der Waals surface area contributed by atoms with E-state index >= 15 is 0 Å². The maximum atomic E-state index is 14.2. The molecule has 2 aromatic carbocycles. The molecule has 5 rings (SSSR count). The second kappa shape index (κ2) is 10.9. The van der Waals surface area contributed by atoms with Crippen molar-refractivity contribution >= 4 is 34.0 Å². The Bertz CT molecular complexity index is 1520. The number of hydrogen-bond donors (Lipinski definition) is 1. The first-order valence-electron chi connectivity index (χ1n) is 12.4. The highest BCUT2D eigenvalue weighted by Crippen LogP contribution is 2.45. The van der Waals surface area contributed by atoms with E-state index in [1.165, 1.54) is 7.11 Å². The van der Waals surface area contributed by atoms with Crippen LogP contribution in [-0.4, -0.2) is 53.4 Å². The molecule has 0 atom stereocenters. The summed E-state index contributed by atoms with van der Waals surface area (Å²) in [7, 11) is 1.25. The number of rotatable bonds is 10. The van der Waals surface area contributed by atoms with Crippen LogP contribution >= 0.6 is 11.3 Å². The Hall–Kier alpha value is -3.57. The van der Waals surface area contributed by atoms with Gasteiger partial charge in [-0.2, -0.15) is 13.2 Å². The lowest BCUT2D eigenvalue weighted by molar-refractivity contribution is -0.141. The van der Waals surface area contributed by atoms with Crippen LogP contribution in [0.2, 0.25) is 0 Å². The molecule has 204 valence electrons. The third kappa shape index (κ3) is 6.20. The van der Waals surface area contributed by atoms with E-state index in [4.69, 9.17) is 4.74 Å². The number of alkyl halides is 3. The lowest BCUT2D eigenvalue weighted by atomic mass is 10.1. The number of ether oxygens (including phenoxy) is 1. The lowest BCUT2D eigenvalue weighted by Gasteiger charge is -2.20. The third-order valence-corrected chi connectivity index (χ3v) is 7.91. The standard InChI is InChI=1S/C28H25F4N3O3S/c1-38-24(37)15-35(9-8-17-13-33-22-5-3-2-4-21(17)22)14-23(36)25-26(39-27(34-25)16-6-7-16)18-10-19(28(30,31)32)12-20(29)11-18/h2-5,10-13,16,33H,6-9,14-15H2,1H3. The molecule has 1 saturated carbocycles. The van der Waals surface area contributed by atoms with Crippen LogP contribution in [0.15, 0.2) is 48.7 Å². The number of nitrogens with zero attached hydrogens (tertiary/aromatic N) is 2. The molecule has 0 radical (unpaired) electrons. The molecule has 0 aliphatic heterocycles. The number of esters is 1. The SMILES string of the molecule is COC(=O)CN(CCc1c[nH]c2ccccc12)CC(=O)c1nc(C2CC2)sc1-c1cc(F)cc(C(F)(F)F)c1. The summed E-state index contributed by atoms with van der Waals surface area (Å²) >= 11 is 1.12. The minimum atomic E-state index is -4.75. The zero-order valence-corrected chi connectivity index (χ0v) is 21.8. The van der Waals surface area contributed by atoms with Crippen LogP contribution in [0.5, 0.6) is 0 Å². The summed E-state index contributed by atoms with van der Waals surface area (Å²) in [5, 5.41) is 1.67. The summed E-state index contributed by atoms with van der Waals surface area (Å²) in [4.78, 5) is 35.2. The number of methoxy groups -OCH3 is 1. The molecular formula is C28H25F4N3O3S. The number of thiazole rings is 1. The van der Waals surface area contributed by atoms with Crippen molar-refractivity contribution in [1.29, 1.82) is 0 Å². The van der Waals surface area contributed by atoms with Gasteiger partial charge in [-0.25, -0.2) is 9.37 Å². The van der Waals surface area contributed by atoms with Crippen LogP contribution in [0.3, 0.4) is 0 Å². The molecule has 39 heavy (non-hydrogen) atoms. The lowest BCUT2D eigenvalue weighted by Crippen LogP contribution is -2.36. The van der Waals surface area contributed by atoms with Gasteiger partial charge in [-0.1, -0.05) is 18.2 Å². The van der Waals surface area contributed by atoms with Gasteiger partial charge < -0.3 is 9.72 Å². The van der Waals surface area contributed by atoms with Gasteiger partial charge in [-0.3, -0.25) is 14.5 Å². The normalized spacial score (nSPS) is 13.8. The first-order chi connectivity index (χ1) is 18.6. The Balaban J connectivity index is 1.42. The molecular weight excluding hydrogens is 534 g/mol. The van der Waals surface area contributed by atoms with Gasteiger partial charge in [0.1, 0.15) is 11.5 Å². The van der Waals surface area contributed by atoms with Gasteiger partial charge in [-0.05, 0) is 54.7 Å². The minimum Gasteiger partial charge on any atom is -0.468 e. The van der Waals surface area contributed by atoms with Gasteiger partial charge >= 0.3 is 12.1 Å². The van der Waals surface area contributed by atoms with E-state index in [1.807, 2.05) is 30.5 Å². The smallest absolute Gasteiger partial charge is 0.416 e. The van der Waals surface area contributed by atoms with Gasteiger partial charge in [-0.15, -0.1) is 11.3 Å². The van der Waals surface area contributed by atoms with Gasteiger partial charge in [0.25, 0.3) is 0 Å². The fourth-order valence-corrected chi connectivity index (χ4v) is 5.71. The number of hydrogen-bond acceptors (Lipinski definition) is 6. The summed E-state index contributed by atoms with van der Waals surface area (Å²) < 4.78 is 59.2. The molecule has 4 aromatic rings. The summed E-state index contributed by atoms with van der Waals surface area (Å²) in [6.07, 6.45) is -0.589. The first kappa shape index (κ1) is 27.0. The van der Waals surface area contributed by atoms with Crippen molar-refractivity contribution in [2.75, 3.05) is 26.7 Å². The number of ketones is 1. The molecule has 0 amide bonds. The Morgan fingerprint density at radius 2 is 1.92 bits per heavy atom. The maximum absolute atomic E-state index is 14.2. The van der Waals surface area contributed by atoms with Crippen LogP contribution in [0.25, 0.3) is 21.3 Å². The van der Waals surface area contributed by atoms with E-state index in [1.54, 1.807) is 4.90 Å². The van der Waals surface area contributed by atoms with Crippen molar-refractivity contribution in [2.24, 2.45) is 0 Å². The van der Waals surface area contributed by atoms with Crippen molar-refractivity contribution in [3.63, 3.8) is 0 Å². The predicted octanol–water partition coefficient (Wildman–Crippen LogP) is 6.23. The molecule has 1 aliphatic carbocycles. The molecule has 6 nitrogen and oxygen atoms in total. The van der Waals surface area contributed by atoms with Gasteiger partial charge in [0.2, 0.25) is 0 Å². The summed E-state index contributed by atoms with van der Waals surface area (Å²) in [5.41, 5.74) is 0.785. The molecule has 2 aromatic heterocycles. The fraction of sp³-hybridized carbons (Fsp3) is 0.321. The monoisotopic (exact) mass is 559 g/mol. The number of carbonyl (C=O) groups is 2. The van der Waals surface area contributed by atoms with E-state index in [0.29, 0.717) is 24.0 Å². The quantitative estimate of drug-likeness (QED) is 0.142. The van der Waals surface area contributed by atoms with E-state index < -0.39 is 29.3 Å². The van der Waals surface area contributed by atoms with Crippen molar-refractivity contribution in [3.8, 4) is 10.4 Å². The second-order valence-corrected chi connectivity index (χ2v) is 10.6. The maximum Gasteiger partial charge on any atom is 0.416 e. The van der Waals surface area contributed by atoms with E-state index in [0.717, 1.165) is 52.8 Å². The molecule has 1 aliphatic rings. The van der Waals surface area contributed by atoms with Crippen molar-refractivity contribution < 1.29 is 31.9 Å². The summed E-state index contributed by atoms with van der Waals surface area (Å²) in [5.74, 6) is -1.91. The predicted molar refractivity (Wildman–Crippen MR) is 139 cm³/mol. The van der Waals surface area contributed by atoms with Crippen LogP contribution in [0.1, 0.15) is 45.4 Å². The highest BCUT2D eigenvalue weighted by molar-refractivity contribution is 7.15. The van der Waals surface area contributed by atoms with Gasteiger partial charge in [0.05, 0.1) is 35.6 Å². The summed E-state index contributed by atoms with van der Waals surface area (Å²) in [6.45, 7) is -0.0205. The van der Waals surface area contributed by atoms with Crippen molar-refractivity contribution in [1.82, 2.24) is 14.9 Å². The van der Waals surface area contributed by atoms with E-state index in [2.05, 4.69) is 9.97 Å². The largest absolute Gasteiger partial charge is 0.468 e. The molecule has 2 heterocycles. The third-order valence-electron chi connectivity index (χ3n) is 6.64. The van der Waals surface area contributed by atoms with Crippen molar-refractivity contribution in [3.05, 3.63) is 76.3 Å². The van der Waals surface area contributed by atoms with E-state index in [9.17, 15) is 27.2 Å². The molecule has 11 heteroatoms. The number of carbonyl (C=O) groups excluding carboxylic acids is 2. The number of Topliss-reactive ketones (excluding diaryl/α,β-unsaturated/α-hetero) is 1. The number of H-pyrrole nitrogens is 1. The topological polar surface area (TPSA) is 75.3 Å². The number of halogens is 4. The molecule has 0 spiro atoms. The highest BCUT2D eigenvalue weighted by Gasteiger charge is 2.34. The Morgan fingerprint density at radius 3 is 2.64 bits per heavy atom. The second-order valence-electron chi connectivity index (χ2n) is 9.55. The van der Waals surface area contributed by atoms with Crippen LogP contribution in [0.4, 0.5) is 17.6 Å². The van der Waals surface area contributed by atoms with E-state index in [-0.39, 0.29) is 35.1 Å². The highest BCUT2D eigenvalue weighted by atomic mass is 32.1. The molecule has 0 saturated heterocycles. The summed E-state index contributed by atoms with van der Waals surface area (Å²) in [6, 6.07) is 10.0. The average molecular weight is 560 g/mol. The number of para-hydroxylation sites is 1. The average Bonchev–Trinajstić information content (AvgIpc) is 3.51. The molecule has 1 fully saturated rings. The number of aromatic nitrogens is 2.